The number of nitrogens with one attached hydrogen (secondary N) is 2. The maximum absolute atomic E-state index is 11.8. The lowest BCUT2D eigenvalue weighted by Crippen LogP contribution is -2.38. The van der Waals surface area contributed by atoms with Crippen LogP contribution in [0.15, 0.2) is 24.3 Å². The smallest absolute Gasteiger partial charge is 0.223 e. The molecular formula is C19H27N3O2. The Bertz CT molecular complexity index is 602. The molecule has 130 valence electrons. The van der Waals surface area contributed by atoms with Crippen LogP contribution < -0.4 is 10.6 Å². The van der Waals surface area contributed by atoms with Gasteiger partial charge in [-0.1, -0.05) is 31.2 Å². The van der Waals surface area contributed by atoms with Crippen LogP contribution in [0.4, 0.5) is 0 Å². The lowest BCUT2D eigenvalue weighted by molar-refractivity contribution is -0.123. The van der Waals surface area contributed by atoms with Gasteiger partial charge in [0.2, 0.25) is 11.8 Å². The topological polar surface area (TPSA) is 61.4 Å². The van der Waals surface area contributed by atoms with E-state index in [0.717, 1.165) is 32.5 Å². The first kappa shape index (κ1) is 17.0. The maximum atomic E-state index is 11.8. The van der Waals surface area contributed by atoms with Crippen LogP contribution in [-0.2, 0) is 22.6 Å². The Hall–Kier alpha value is -1.88. The summed E-state index contributed by atoms with van der Waals surface area (Å²) in [6, 6.07) is 8.56. The van der Waals surface area contributed by atoms with Crippen LogP contribution in [0.5, 0.6) is 0 Å². The van der Waals surface area contributed by atoms with E-state index >= 15 is 0 Å². The Morgan fingerprint density at radius 2 is 1.92 bits per heavy atom. The van der Waals surface area contributed by atoms with Crippen molar-refractivity contribution < 1.29 is 9.59 Å². The minimum atomic E-state index is 0.0107. The highest BCUT2D eigenvalue weighted by molar-refractivity contribution is 5.82. The summed E-state index contributed by atoms with van der Waals surface area (Å²) in [5, 5.41) is 5.80. The van der Waals surface area contributed by atoms with Crippen molar-refractivity contribution in [3.63, 3.8) is 0 Å². The zero-order valence-corrected chi connectivity index (χ0v) is 14.4. The van der Waals surface area contributed by atoms with Crippen molar-refractivity contribution in [2.75, 3.05) is 26.2 Å². The molecule has 1 saturated carbocycles. The van der Waals surface area contributed by atoms with Gasteiger partial charge in [-0.05, 0) is 29.9 Å². The van der Waals surface area contributed by atoms with E-state index in [1.165, 1.54) is 11.1 Å². The molecule has 0 saturated heterocycles. The maximum Gasteiger partial charge on any atom is 0.223 e. The highest BCUT2D eigenvalue weighted by Crippen LogP contribution is 2.37. The zero-order valence-electron chi connectivity index (χ0n) is 14.4. The summed E-state index contributed by atoms with van der Waals surface area (Å²) in [7, 11) is 0. The number of carbonyl (C=O) groups excluding carboxylic acids is 2. The Morgan fingerprint density at radius 3 is 2.67 bits per heavy atom. The molecule has 2 N–H and O–H groups in total. The highest BCUT2D eigenvalue weighted by atomic mass is 16.2. The van der Waals surface area contributed by atoms with Gasteiger partial charge in [0.15, 0.2) is 0 Å². The summed E-state index contributed by atoms with van der Waals surface area (Å²) in [4.78, 5) is 25.9. The molecule has 0 radical (unpaired) electrons. The molecule has 1 aromatic rings. The van der Waals surface area contributed by atoms with Crippen LogP contribution >= 0.6 is 0 Å². The third-order valence-electron chi connectivity index (χ3n) is 5.06. The van der Waals surface area contributed by atoms with Crippen LogP contribution in [0.25, 0.3) is 0 Å². The first-order valence-corrected chi connectivity index (χ1v) is 8.97. The summed E-state index contributed by atoms with van der Waals surface area (Å²) in [5.74, 6) is 0.794. The lowest BCUT2D eigenvalue weighted by Gasteiger charge is -2.28. The second-order valence-electron chi connectivity index (χ2n) is 7.01. The third kappa shape index (κ3) is 4.57. The second-order valence-corrected chi connectivity index (χ2v) is 7.01. The molecule has 3 rings (SSSR count). The number of rotatable bonds is 7. The molecule has 2 aliphatic rings. The van der Waals surface area contributed by atoms with Crippen molar-refractivity contribution in [3.05, 3.63) is 35.4 Å². The Kier molecular flexibility index (Phi) is 5.51. The summed E-state index contributed by atoms with van der Waals surface area (Å²) in [6.45, 7) is 6.05. The van der Waals surface area contributed by atoms with Crippen molar-refractivity contribution in [2.24, 2.45) is 11.8 Å². The number of amides is 2. The quantitative estimate of drug-likeness (QED) is 0.793. The van der Waals surface area contributed by atoms with Crippen LogP contribution in [-0.4, -0.2) is 42.9 Å². The number of nitrogens with zero attached hydrogens (tertiary/aromatic N) is 1. The number of carbonyl (C=O) groups is 2. The Balaban J connectivity index is 1.28. The number of fused-ring (bicyclic) bond motifs is 1. The van der Waals surface area contributed by atoms with E-state index in [9.17, 15) is 9.59 Å². The average Bonchev–Trinajstić information content (AvgIpc) is 3.31. The van der Waals surface area contributed by atoms with E-state index < -0.39 is 0 Å². The fourth-order valence-electron chi connectivity index (χ4n) is 3.30. The van der Waals surface area contributed by atoms with E-state index in [1.807, 2.05) is 0 Å². The summed E-state index contributed by atoms with van der Waals surface area (Å²) >= 11 is 0. The Labute approximate surface area is 143 Å². The molecule has 0 unspecified atom stereocenters. The number of hydrogen-bond acceptors (Lipinski definition) is 3. The first-order valence-electron chi connectivity index (χ1n) is 8.97. The van der Waals surface area contributed by atoms with Crippen LogP contribution in [0.3, 0.4) is 0 Å². The molecule has 2 atom stereocenters. The van der Waals surface area contributed by atoms with Crippen LogP contribution in [0, 0.1) is 11.8 Å². The monoisotopic (exact) mass is 329 g/mol. The highest BCUT2D eigenvalue weighted by Gasteiger charge is 2.38. The molecular weight excluding hydrogens is 302 g/mol. The summed E-state index contributed by atoms with van der Waals surface area (Å²) < 4.78 is 0. The fraction of sp³-hybridized carbons (Fsp3) is 0.579. The van der Waals surface area contributed by atoms with E-state index in [1.54, 1.807) is 0 Å². The molecule has 5 nitrogen and oxygen atoms in total. The summed E-state index contributed by atoms with van der Waals surface area (Å²) in [6.07, 6.45) is 2.42. The largest absolute Gasteiger partial charge is 0.355 e. The van der Waals surface area contributed by atoms with Gasteiger partial charge in [-0.2, -0.15) is 0 Å². The number of benzene rings is 1. The molecule has 1 fully saturated rings. The molecule has 5 heteroatoms. The molecule has 1 aliphatic carbocycles. The minimum absolute atomic E-state index is 0.0107. The predicted molar refractivity (Wildman–Crippen MR) is 93.3 cm³/mol. The van der Waals surface area contributed by atoms with Gasteiger partial charge in [0, 0.05) is 45.1 Å². The number of hydrogen-bond donors (Lipinski definition) is 2. The van der Waals surface area contributed by atoms with Gasteiger partial charge in [-0.3, -0.25) is 14.5 Å². The summed E-state index contributed by atoms with van der Waals surface area (Å²) in [5.41, 5.74) is 2.84. The fourth-order valence-corrected chi connectivity index (χ4v) is 3.30. The van der Waals surface area contributed by atoms with Crippen molar-refractivity contribution in [2.45, 2.75) is 32.7 Å². The SMILES string of the molecule is C[C@H]1C[C@@H]1C(=O)NCCC(=O)NCCN1CCc2ccccc2C1. The first-order chi connectivity index (χ1) is 11.6. The van der Waals surface area contributed by atoms with Crippen LogP contribution in [0.1, 0.15) is 30.9 Å². The zero-order chi connectivity index (χ0) is 16.9. The lowest BCUT2D eigenvalue weighted by atomic mass is 10.00. The van der Waals surface area contributed by atoms with Crippen molar-refractivity contribution in [1.82, 2.24) is 15.5 Å². The van der Waals surface area contributed by atoms with Gasteiger partial charge in [-0.25, -0.2) is 0 Å². The normalized spacial score (nSPS) is 22.5. The van der Waals surface area contributed by atoms with Crippen molar-refractivity contribution in [3.8, 4) is 0 Å². The molecule has 0 spiro atoms. The molecule has 1 heterocycles. The molecule has 1 aromatic carbocycles. The standard InChI is InChI=1S/C19H27N3O2/c1-14-12-17(14)19(24)21-8-6-18(23)20-9-11-22-10-7-15-4-2-3-5-16(15)13-22/h2-5,14,17H,6-13H2,1H3,(H,20,23)(H,21,24)/t14-,17-/m0/s1. The third-order valence-corrected chi connectivity index (χ3v) is 5.06. The van der Waals surface area contributed by atoms with E-state index in [0.29, 0.717) is 25.4 Å². The van der Waals surface area contributed by atoms with Gasteiger partial charge in [0.1, 0.15) is 0 Å². The van der Waals surface area contributed by atoms with Gasteiger partial charge in [0.05, 0.1) is 0 Å². The molecule has 0 bridgehead atoms. The van der Waals surface area contributed by atoms with Gasteiger partial charge in [-0.15, -0.1) is 0 Å². The Morgan fingerprint density at radius 1 is 1.17 bits per heavy atom. The molecule has 2 amide bonds. The van der Waals surface area contributed by atoms with Crippen LogP contribution in [0.2, 0.25) is 0 Å². The predicted octanol–water partition coefficient (Wildman–Crippen LogP) is 1.32. The van der Waals surface area contributed by atoms with Gasteiger partial charge >= 0.3 is 0 Å². The second kappa shape index (κ2) is 7.79. The molecule has 0 aromatic heterocycles. The average molecular weight is 329 g/mol. The van der Waals surface area contributed by atoms with Crippen molar-refractivity contribution in [1.29, 1.82) is 0 Å². The minimum Gasteiger partial charge on any atom is -0.355 e. The van der Waals surface area contributed by atoms with Gasteiger partial charge in [0.25, 0.3) is 0 Å². The van der Waals surface area contributed by atoms with Crippen molar-refractivity contribution >= 4 is 11.8 Å². The van der Waals surface area contributed by atoms with E-state index in [-0.39, 0.29) is 17.7 Å². The molecule has 24 heavy (non-hydrogen) atoms. The van der Waals surface area contributed by atoms with Gasteiger partial charge < -0.3 is 10.6 Å². The van der Waals surface area contributed by atoms with E-state index in [2.05, 4.69) is 46.7 Å². The molecule has 1 aliphatic heterocycles. The van der Waals surface area contributed by atoms with E-state index in [4.69, 9.17) is 0 Å².